The van der Waals surface area contributed by atoms with Crippen LogP contribution in [0, 0.1) is 0 Å². The highest BCUT2D eigenvalue weighted by Crippen LogP contribution is 2.22. The van der Waals surface area contributed by atoms with Gasteiger partial charge in [0.15, 0.2) is 0 Å². The standard InChI is InChI=1S/C11H12O6/c12-8(5-9(13)14)10(15)6-3-1-2-4-7(6)11(16)17/h1-4,8,10,12,15H,5H2,(H,13,14)(H,16,17). The van der Waals surface area contributed by atoms with E-state index < -0.39 is 30.6 Å². The molecule has 4 N–H and O–H groups in total. The van der Waals surface area contributed by atoms with E-state index in [0.717, 1.165) is 0 Å². The summed E-state index contributed by atoms with van der Waals surface area (Å²) in [5, 5.41) is 36.5. The molecule has 1 aromatic rings. The molecule has 17 heavy (non-hydrogen) atoms. The lowest BCUT2D eigenvalue weighted by molar-refractivity contribution is -0.141. The fraction of sp³-hybridized carbons (Fsp3) is 0.273. The molecule has 0 saturated heterocycles. The summed E-state index contributed by atoms with van der Waals surface area (Å²) in [4.78, 5) is 21.2. The molecule has 0 amide bonds. The molecule has 1 rings (SSSR count). The van der Waals surface area contributed by atoms with Crippen LogP contribution in [-0.2, 0) is 4.79 Å². The van der Waals surface area contributed by atoms with Crippen LogP contribution in [0.5, 0.6) is 0 Å². The second kappa shape index (κ2) is 5.42. The largest absolute Gasteiger partial charge is 0.481 e. The maximum Gasteiger partial charge on any atom is 0.336 e. The first kappa shape index (κ1) is 13.1. The molecule has 0 aromatic heterocycles. The van der Waals surface area contributed by atoms with E-state index in [1.165, 1.54) is 24.3 Å². The minimum Gasteiger partial charge on any atom is -0.481 e. The van der Waals surface area contributed by atoms with Gasteiger partial charge in [-0.05, 0) is 11.6 Å². The molecule has 6 nitrogen and oxygen atoms in total. The molecular formula is C11H12O6. The normalized spacial score (nSPS) is 14.0. The van der Waals surface area contributed by atoms with Crippen molar-refractivity contribution in [1.82, 2.24) is 0 Å². The topological polar surface area (TPSA) is 115 Å². The van der Waals surface area contributed by atoms with Gasteiger partial charge in [-0.2, -0.15) is 0 Å². The Morgan fingerprint density at radius 1 is 1.12 bits per heavy atom. The van der Waals surface area contributed by atoms with Gasteiger partial charge in [-0.3, -0.25) is 4.79 Å². The van der Waals surface area contributed by atoms with Crippen molar-refractivity contribution < 1.29 is 30.0 Å². The summed E-state index contributed by atoms with van der Waals surface area (Å²) in [6.45, 7) is 0. The lowest BCUT2D eigenvalue weighted by Crippen LogP contribution is -2.23. The van der Waals surface area contributed by atoms with Crippen LogP contribution in [0.4, 0.5) is 0 Å². The molecule has 2 unspecified atom stereocenters. The molecule has 0 radical (unpaired) electrons. The Labute approximate surface area is 96.8 Å². The maximum absolute atomic E-state index is 10.9. The zero-order valence-electron chi connectivity index (χ0n) is 8.78. The van der Waals surface area contributed by atoms with Crippen LogP contribution in [0.25, 0.3) is 0 Å². The summed E-state index contributed by atoms with van der Waals surface area (Å²) in [5.74, 6) is -2.52. The Kier molecular flexibility index (Phi) is 4.19. The number of aliphatic hydroxyl groups is 2. The van der Waals surface area contributed by atoms with Crippen LogP contribution in [-0.4, -0.2) is 38.5 Å². The third kappa shape index (κ3) is 3.27. The number of hydrogen-bond donors (Lipinski definition) is 4. The number of carboxylic acids is 2. The van der Waals surface area contributed by atoms with Crippen molar-refractivity contribution in [2.45, 2.75) is 18.6 Å². The summed E-state index contributed by atoms with van der Waals surface area (Å²) in [5.41, 5.74) is -0.168. The fourth-order valence-corrected chi connectivity index (χ4v) is 1.45. The predicted octanol–water partition coefficient (Wildman–Crippen LogP) is 0.254. The zero-order valence-corrected chi connectivity index (χ0v) is 8.78. The van der Waals surface area contributed by atoms with Gasteiger partial charge in [-0.25, -0.2) is 4.79 Å². The van der Waals surface area contributed by atoms with Crippen molar-refractivity contribution in [1.29, 1.82) is 0 Å². The molecule has 0 aliphatic carbocycles. The van der Waals surface area contributed by atoms with Gasteiger partial charge in [-0.1, -0.05) is 18.2 Å². The number of benzene rings is 1. The molecule has 0 saturated carbocycles. The first-order valence-corrected chi connectivity index (χ1v) is 4.83. The molecule has 2 atom stereocenters. The Morgan fingerprint density at radius 2 is 1.71 bits per heavy atom. The second-order valence-electron chi connectivity index (χ2n) is 3.50. The number of aliphatic carboxylic acids is 1. The van der Waals surface area contributed by atoms with E-state index in [2.05, 4.69) is 0 Å². The van der Waals surface area contributed by atoms with Crippen molar-refractivity contribution in [3.8, 4) is 0 Å². The van der Waals surface area contributed by atoms with Gasteiger partial charge in [0.05, 0.1) is 18.1 Å². The minimum atomic E-state index is -1.55. The van der Waals surface area contributed by atoms with Gasteiger partial charge >= 0.3 is 11.9 Å². The molecule has 92 valence electrons. The van der Waals surface area contributed by atoms with Crippen molar-refractivity contribution in [3.63, 3.8) is 0 Å². The quantitative estimate of drug-likeness (QED) is 0.586. The Hall–Kier alpha value is -1.92. The van der Waals surface area contributed by atoms with E-state index in [1.807, 2.05) is 0 Å². The van der Waals surface area contributed by atoms with Crippen LogP contribution in [0.1, 0.15) is 28.4 Å². The van der Waals surface area contributed by atoms with Crippen molar-refractivity contribution in [2.75, 3.05) is 0 Å². The number of aromatic carboxylic acids is 1. The number of carbonyl (C=O) groups is 2. The van der Waals surface area contributed by atoms with Crippen LogP contribution in [0.3, 0.4) is 0 Å². The molecule has 0 aliphatic heterocycles. The van der Waals surface area contributed by atoms with Crippen molar-refractivity contribution in [2.24, 2.45) is 0 Å². The second-order valence-corrected chi connectivity index (χ2v) is 3.50. The van der Waals surface area contributed by atoms with Crippen molar-refractivity contribution >= 4 is 11.9 Å². The van der Waals surface area contributed by atoms with E-state index >= 15 is 0 Å². The summed E-state index contributed by atoms with van der Waals surface area (Å²) in [7, 11) is 0. The van der Waals surface area contributed by atoms with E-state index in [4.69, 9.17) is 10.2 Å². The van der Waals surface area contributed by atoms with Crippen LogP contribution in [0.2, 0.25) is 0 Å². The monoisotopic (exact) mass is 240 g/mol. The highest BCUT2D eigenvalue weighted by Gasteiger charge is 2.24. The molecule has 1 aromatic carbocycles. The third-order valence-electron chi connectivity index (χ3n) is 2.26. The Bertz CT molecular complexity index is 428. The van der Waals surface area contributed by atoms with Crippen LogP contribution in [0.15, 0.2) is 24.3 Å². The van der Waals surface area contributed by atoms with E-state index in [1.54, 1.807) is 0 Å². The number of hydrogen-bond acceptors (Lipinski definition) is 4. The van der Waals surface area contributed by atoms with E-state index in [0.29, 0.717) is 0 Å². The number of carboxylic acid groups (broad SMARTS) is 2. The lowest BCUT2D eigenvalue weighted by atomic mass is 9.97. The summed E-state index contributed by atoms with van der Waals surface area (Å²) in [6, 6.07) is 5.58. The van der Waals surface area contributed by atoms with Crippen LogP contribution < -0.4 is 0 Å². The summed E-state index contributed by atoms with van der Waals surface area (Å²) >= 11 is 0. The molecule has 6 heteroatoms. The molecule has 0 heterocycles. The fourth-order valence-electron chi connectivity index (χ4n) is 1.45. The Morgan fingerprint density at radius 3 is 2.24 bits per heavy atom. The van der Waals surface area contributed by atoms with Gasteiger partial charge < -0.3 is 20.4 Å². The van der Waals surface area contributed by atoms with Gasteiger partial charge in [0.2, 0.25) is 0 Å². The lowest BCUT2D eigenvalue weighted by Gasteiger charge is -2.18. The number of aliphatic hydroxyl groups excluding tert-OH is 2. The van der Waals surface area contributed by atoms with E-state index in [-0.39, 0.29) is 11.1 Å². The van der Waals surface area contributed by atoms with Crippen molar-refractivity contribution in [3.05, 3.63) is 35.4 Å². The first-order valence-electron chi connectivity index (χ1n) is 4.83. The average Bonchev–Trinajstić information content (AvgIpc) is 2.27. The maximum atomic E-state index is 10.9. The zero-order chi connectivity index (χ0) is 13.0. The van der Waals surface area contributed by atoms with Gasteiger partial charge in [0.25, 0.3) is 0 Å². The SMILES string of the molecule is O=C(O)CC(O)C(O)c1ccccc1C(=O)O. The van der Waals surface area contributed by atoms with E-state index in [9.17, 15) is 19.8 Å². The molecule has 0 spiro atoms. The Balaban J connectivity index is 2.99. The van der Waals surface area contributed by atoms with Gasteiger partial charge in [0.1, 0.15) is 6.10 Å². The predicted molar refractivity (Wildman–Crippen MR) is 56.6 cm³/mol. The average molecular weight is 240 g/mol. The summed E-state index contributed by atoms with van der Waals surface area (Å²) in [6.07, 6.45) is -3.75. The first-order chi connectivity index (χ1) is 7.93. The molecular weight excluding hydrogens is 228 g/mol. The smallest absolute Gasteiger partial charge is 0.336 e. The molecule has 0 fully saturated rings. The molecule has 0 bridgehead atoms. The minimum absolute atomic E-state index is 0.00579. The van der Waals surface area contributed by atoms with Gasteiger partial charge in [0, 0.05) is 0 Å². The highest BCUT2D eigenvalue weighted by molar-refractivity contribution is 5.89. The van der Waals surface area contributed by atoms with Gasteiger partial charge in [-0.15, -0.1) is 0 Å². The number of rotatable bonds is 5. The highest BCUT2D eigenvalue weighted by atomic mass is 16.4. The van der Waals surface area contributed by atoms with Crippen LogP contribution >= 0.6 is 0 Å². The third-order valence-corrected chi connectivity index (χ3v) is 2.26. The molecule has 0 aliphatic rings. The summed E-state index contributed by atoms with van der Waals surface area (Å²) < 4.78 is 0.